The summed E-state index contributed by atoms with van der Waals surface area (Å²) in [5.41, 5.74) is 6.11. The van der Waals surface area contributed by atoms with Crippen molar-refractivity contribution in [1.29, 1.82) is 0 Å². The van der Waals surface area contributed by atoms with Crippen LogP contribution in [0, 0.1) is 0 Å². The van der Waals surface area contributed by atoms with E-state index in [0.717, 1.165) is 16.7 Å². The smallest absolute Gasteiger partial charge is 0.271 e. The Bertz CT molecular complexity index is 1120. The zero-order valence-corrected chi connectivity index (χ0v) is 20.0. The van der Waals surface area contributed by atoms with Crippen LogP contribution in [0.5, 0.6) is 5.75 Å². The molecule has 1 atom stereocenters. The lowest BCUT2D eigenvalue weighted by Crippen LogP contribution is -2.31. The SMILES string of the molecule is C[C@H](NC(=O)COc1ccc(/C=N\NC(=O)c2ccc(C(C)(C)C)cc2)cc1)c1ccccc1. The highest BCUT2D eigenvalue weighted by Gasteiger charge is 2.14. The maximum atomic E-state index is 12.3. The first-order valence-electron chi connectivity index (χ1n) is 11.2. The summed E-state index contributed by atoms with van der Waals surface area (Å²) in [6.45, 7) is 8.24. The number of carbonyl (C=O) groups is 2. The molecule has 3 aromatic carbocycles. The van der Waals surface area contributed by atoms with E-state index in [4.69, 9.17) is 4.74 Å². The van der Waals surface area contributed by atoms with Crippen LogP contribution in [0.1, 0.15) is 60.8 Å². The summed E-state index contributed by atoms with van der Waals surface area (Å²) in [5, 5.41) is 6.94. The molecule has 0 unspecified atom stereocenters. The van der Waals surface area contributed by atoms with Crippen LogP contribution >= 0.6 is 0 Å². The quantitative estimate of drug-likeness (QED) is 0.369. The minimum atomic E-state index is -0.271. The van der Waals surface area contributed by atoms with Gasteiger partial charge in [-0.3, -0.25) is 9.59 Å². The molecule has 0 heterocycles. The van der Waals surface area contributed by atoms with Crippen molar-refractivity contribution in [3.8, 4) is 5.75 Å². The standard InChI is InChI=1S/C28H31N3O3/c1-20(22-8-6-5-7-9-22)30-26(32)19-34-25-16-10-21(11-17-25)18-29-31-27(33)23-12-14-24(15-13-23)28(2,3)4/h5-18,20H,19H2,1-4H3,(H,30,32)(H,31,33)/b29-18-/t20-/m0/s1. The fourth-order valence-corrected chi connectivity index (χ4v) is 3.26. The summed E-state index contributed by atoms with van der Waals surface area (Å²) < 4.78 is 5.57. The van der Waals surface area contributed by atoms with Gasteiger partial charge in [0.25, 0.3) is 11.8 Å². The van der Waals surface area contributed by atoms with E-state index in [-0.39, 0.29) is 29.9 Å². The normalized spacial score (nSPS) is 12.2. The highest BCUT2D eigenvalue weighted by atomic mass is 16.5. The lowest BCUT2D eigenvalue weighted by Gasteiger charge is -2.18. The molecule has 176 valence electrons. The number of nitrogens with zero attached hydrogens (tertiary/aromatic N) is 1. The van der Waals surface area contributed by atoms with Crippen molar-refractivity contribution in [3.05, 3.63) is 101 Å². The third-order valence-corrected chi connectivity index (χ3v) is 5.32. The van der Waals surface area contributed by atoms with Crippen LogP contribution in [-0.2, 0) is 10.2 Å². The minimum absolute atomic E-state index is 0.0351. The van der Waals surface area contributed by atoms with Gasteiger partial charge in [-0.1, -0.05) is 63.2 Å². The molecule has 34 heavy (non-hydrogen) atoms. The topological polar surface area (TPSA) is 79.8 Å². The van der Waals surface area contributed by atoms with Crippen molar-refractivity contribution < 1.29 is 14.3 Å². The van der Waals surface area contributed by atoms with Gasteiger partial charge in [-0.25, -0.2) is 5.43 Å². The Morgan fingerprint density at radius 2 is 1.59 bits per heavy atom. The maximum Gasteiger partial charge on any atom is 0.271 e. The molecule has 3 aromatic rings. The Balaban J connectivity index is 1.45. The maximum absolute atomic E-state index is 12.3. The van der Waals surface area contributed by atoms with E-state index in [1.54, 1.807) is 42.6 Å². The van der Waals surface area contributed by atoms with Gasteiger partial charge in [-0.05, 0) is 65.4 Å². The van der Waals surface area contributed by atoms with E-state index in [9.17, 15) is 9.59 Å². The highest BCUT2D eigenvalue weighted by molar-refractivity contribution is 5.94. The van der Waals surface area contributed by atoms with E-state index in [0.29, 0.717) is 11.3 Å². The molecule has 2 amide bonds. The fraction of sp³-hybridized carbons (Fsp3) is 0.250. The zero-order valence-electron chi connectivity index (χ0n) is 20.0. The average Bonchev–Trinajstić information content (AvgIpc) is 2.83. The molecular formula is C28H31N3O3. The molecule has 0 aromatic heterocycles. The molecule has 0 saturated carbocycles. The summed E-state index contributed by atoms with van der Waals surface area (Å²) in [5.74, 6) is 0.107. The molecule has 6 heteroatoms. The Morgan fingerprint density at radius 1 is 0.941 bits per heavy atom. The number of hydrogen-bond acceptors (Lipinski definition) is 4. The van der Waals surface area contributed by atoms with Crippen LogP contribution in [0.4, 0.5) is 0 Å². The Kier molecular flexibility index (Phi) is 8.19. The van der Waals surface area contributed by atoms with Crippen molar-refractivity contribution in [2.24, 2.45) is 5.10 Å². The Labute approximate surface area is 201 Å². The number of amides is 2. The second kappa shape index (κ2) is 11.3. The number of hydrazone groups is 1. The summed E-state index contributed by atoms with van der Waals surface area (Å²) >= 11 is 0. The average molecular weight is 458 g/mol. The molecule has 0 fully saturated rings. The molecule has 0 aliphatic carbocycles. The van der Waals surface area contributed by atoms with E-state index in [1.807, 2.05) is 49.4 Å². The van der Waals surface area contributed by atoms with Crippen LogP contribution in [0.25, 0.3) is 0 Å². The first-order chi connectivity index (χ1) is 16.2. The third-order valence-electron chi connectivity index (χ3n) is 5.32. The van der Waals surface area contributed by atoms with Crippen molar-refractivity contribution in [1.82, 2.24) is 10.7 Å². The summed E-state index contributed by atoms with van der Waals surface area (Å²) in [7, 11) is 0. The Hall–Kier alpha value is -3.93. The third kappa shape index (κ3) is 7.30. The lowest BCUT2D eigenvalue weighted by atomic mass is 9.87. The monoisotopic (exact) mass is 457 g/mol. The highest BCUT2D eigenvalue weighted by Crippen LogP contribution is 2.22. The first-order valence-corrected chi connectivity index (χ1v) is 11.2. The second-order valence-electron chi connectivity index (χ2n) is 9.08. The van der Waals surface area contributed by atoms with Crippen molar-refractivity contribution >= 4 is 18.0 Å². The molecular weight excluding hydrogens is 426 g/mol. The van der Waals surface area contributed by atoms with E-state index < -0.39 is 0 Å². The second-order valence-corrected chi connectivity index (χ2v) is 9.08. The predicted molar refractivity (Wildman–Crippen MR) is 135 cm³/mol. The number of nitrogens with one attached hydrogen (secondary N) is 2. The molecule has 0 bridgehead atoms. The summed E-state index contributed by atoms with van der Waals surface area (Å²) in [6, 6.07) is 24.3. The Morgan fingerprint density at radius 3 is 2.21 bits per heavy atom. The van der Waals surface area contributed by atoms with E-state index in [2.05, 4.69) is 36.6 Å². The van der Waals surface area contributed by atoms with Gasteiger partial charge in [0.15, 0.2) is 6.61 Å². The molecule has 3 rings (SSSR count). The minimum Gasteiger partial charge on any atom is -0.484 e. The molecule has 0 radical (unpaired) electrons. The van der Waals surface area contributed by atoms with Gasteiger partial charge in [0.1, 0.15) is 5.75 Å². The van der Waals surface area contributed by atoms with Gasteiger partial charge in [0, 0.05) is 5.56 Å². The number of ether oxygens (including phenoxy) is 1. The van der Waals surface area contributed by atoms with Gasteiger partial charge < -0.3 is 10.1 Å². The van der Waals surface area contributed by atoms with Crippen molar-refractivity contribution in [3.63, 3.8) is 0 Å². The van der Waals surface area contributed by atoms with Crippen LogP contribution in [0.3, 0.4) is 0 Å². The van der Waals surface area contributed by atoms with E-state index in [1.165, 1.54) is 0 Å². The van der Waals surface area contributed by atoms with Crippen molar-refractivity contribution in [2.45, 2.75) is 39.2 Å². The number of rotatable bonds is 8. The van der Waals surface area contributed by atoms with Crippen LogP contribution in [0.2, 0.25) is 0 Å². The molecule has 0 spiro atoms. The van der Waals surface area contributed by atoms with Crippen molar-refractivity contribution in [2.75, 3.05) is 6.61 Å². The largest absolute Gasteiger partial charge is 0.484 e. The van der Waals surface area contributed by atoms with Gasteiger partial charge in [-0.2, -0.15) is 5.10 Å². The van der Waals surface area contributed by atoms with Gasteiger partial charge in [0.05, 0.1) is 12.3 Å². The molecule has 0 saturated heterocycles. The van der Waals surface area contributed by atoms with Crippen LogP contribution < -0.4 is 15.5 Å². The van der Waals surface area contributed by atoms with E-state index >= 15 is 0 Å². The first kappa shape index (κ1) is 24.7. The molecule has 6 nitrogen and oxygen atoms in total. The molecule has 2 N–H and O–H groups in total. The predicted octanol–water partition coefficient (Wildman–Crippen LogP) is 5.00. The fourth-order valence-electron chi connectivity index (χ4n) is 3.26. The van der Waals surface area contributed by atoms with Gasteiger partial charge in [0.2, 0.25) is 0 Å². The van der Waals surface area contributed by atoms with Gasteiger partial charge in [-0.15, -0.1) is 0 Å². The summed E-state index contributed by atoms with van der Waals surface area (Å²) in [4.78, 5) is 24.4. The molecule has 0 aliphatic heterocycles. The van der Waals surface area contributed by atoms with Crippen LogP contribution in [-0.4, -0.2) is 24.6 Å². The number of carbonyl (C=O) groups excluding carboxylic acids is 2. The number of benzene rings is 3. The van der Waals surface area contributed by atoms with Gasteiger partial charge >= 0.3 is 0 Å². The lowest BCUT2D eigenvalue weighted by molar-refractivity contribution is -0.123. The summed E-state index contributed by atoms with van der Waals surface area (Å²) in [6.07, 6.45) is 1.56. The van der Waals surface area contributed by atoms with Crippen LogP contribution in [0.15, 0.2) is 84.0 Å². The molecule has 0 aliphatic rings. The number of hydrogen-bond donors (Lipinski definition) is 2. The zero-order chi connectivity index (χ0) is 24.6.